The van der Waals surface area contributed by atoms with Crippen LogP contribution < -0.4 is 21.1 Å². The Balaban J connectivity index is 1.26. The van der Waals surface area contributed by atoms with Crippen LogP contribution in [0.2, 0.25) is 0 Å². The molecular weight excluding hydrogens is 370 g/mol. The second-order valence-corrected chi connectivity index (χ2v) is 8.12. The van der Waals surface area contributed by atoms with E-state index in [2.05, 4.69) is 33.2 Å². The number of nitrogens with zero attached hydrogens (tertiary/aromatic N) is 2. The molecule has 8 nitrogen and oxygen atoms in total. The molecule has 2 aliphatic heterocycles. The van der Waals surface area contributed by atoms with Crippen molar-refractivity contribution in [2.24, 2.45) is 11.8 Å². The number of benzene rings is 1. The summed E-state index contributed by atoms with van der Waals surface area (Å²) in [5.41, 5.74) is 6.88. The minimum absolute atomic E-state index is 0.00803. The highest BCUT2D eigenvalue weighted by molar-refractivity contribution is 6.35. The molecule has 1 saturated carbocycles. The van der Waals surface area contributed by atoms with Crippen molar-refractivity contribution in [2.75, 3.05) is 37.6 Å². The fourth-order valence-electron chi connectivity index (χ4n) is 4.76. The molecule has 156 valence electrons. The Bertz CT molecular complexity index is 748. The Morgan fingerprint density at radius 3 is 2.52 bits per heavy atom. The van der Waals surface area contributed by atoms with Gasteiger partial charge in [0, 0.05) is 50.4 Å². The van der Waals surface area contributed by atoms with Gasteiger partial charge in [0.1, 0.15) is 0 Å². The number of hydrazine groups is 1. The van der Waals surface area contributed by atoms with E-state index >= 15 is 0 Å². The van der Waals surface area contributed by atoms with Crippen LogP contribution in [0.15, 0.2) is 30.3 Å². The van der Waals surface area contributed by atoms with E-state index in [9.17, 15) is 14.4 Å². The molecule has 2 heterocycles. The molecule has 0 bridgehead atoms. The number of piperazine rings is 1. The van der Waals surface area contributed by atoms with Gasteiger partial charge >= 0.3 is 11.8 Å². The lowest BCUT2D eigenvalue weighted by Crippen LogP contribution is -2.63. The first-order valence-electron chi connectivity index (χ1n) is 10.6. The summed E-state index contributed by atoms with van der Waals surface area (Å²) in [5.74, 6) is -0.775. The first-order valence-corrected chi connectivity index (χ1v) is 10.6. The van der Waals surface area contributed by atoms with Crippen molar-refractivity contribution in [3.8, 4) is 0 Å². The van der Waals surface area contributed by atoms with Crippen LogP contribution in [-0.2, 0) is 14.4 Å². The van der Waals surface area contributed by atoms with Gasteiger partial charge in [-0.1, -0.05) is 31.0 Å². The van der Waals surface area contributed by atoms with Crippen LogP contribution in [0.4, 0.5) is 5.69 Å². The number of rotatable bonds is 3. The number of amides is 3. The number of nitrogens with one attached hydrogen (secondary N) is 3. The minimum atomic E-state index is -0.566. The normalized spacial score (nSPS) is 27.0. The maximum absolute atomic E-state index is 12.6. The van der Waals surface area contributed by atoms with Crippen molar-refractivity contribution >= 4 is 23.4 Å². The summed E-state index contributed by atoms with van der Waals surface area (Å²) in [7, 11) is 0. The average Bonchev–Trinajstić information content (AvgIpc) is 2.79. The summed E-state index contributed by atoms with van der Waals surface area (Å²) < 4.78 is 0. The number of fused-ring (bicyclic) bond motifs is 1. The SMILES string of the molecule is O=C(NCC1NNC(=O)C2CCCCC12)C(=O)N1CCN(c2ccccc2)CC1. The monoisotopic (exact) mass is 399 g/mol. The summed E-state index contributed by atoms with van der Waals surface area (Å²) in [6.07, 6.45) is 4.04. The van der Waals surface area contributed by atoms with E-state index in [0.717, 1.165) is 31.4 Å². The molecule has 3 fully saturated rings. The van der Waals surface area contributed by atoms with Crippen LogP contribution in [0.1, 0.15) is 25.7 Å². The van der Waals surface area contributed by atoms with Gasteiger partial charge in [0.15, 0.2) is 0 Å². The number of para-hydroxylation sites is 1. The van der Waals surface area contributed by atoms with E-state index in [0.29, 0.717) is 32.7 Å². The number of hydrogen-bond donors (Lipinski definition) is 3. The van der Waals surface area contributed by atoms with Gasteiger partial charge in [-0.05, 0) is 30.9 Å². The lowest BCUT2D eigenvalue weighted by molar-refractivity contribution is -0.146. The van der Waals surface area contributed by atoms with Gasteiger partial charge in [0.05, 0.1) is 0 Å². The standard InChI is InChI=1S/C21H29N5O3/c27-19-17-9-5-4-8-16(17)18(23-24-19)14-22-20(28)21(29)26-12-10-25(11-13-26)15-6-2-1-3-7-15/h1-3,6-7,16-18,23H,4-5,8-14H2,(H,22,28)(H,24,27). The fraction of sp³-hybridized carbons (Fsp3) is 0.571. The summed E-state index contributed by atoms with van der Waals surface area (Å²) in [4.78, 5) is 40.9. The molecular formula is C21H29N5O3. The number of hydrogen-bond acceptors (Lipinski definition) is 5. The average molecular weight is 399 g/mol. The zero-order valence-corrected chi connectivity index (χ0v) is 16.6. The maximum atomic E-state index is 12.6. The van der Waals surface area contributed by atoms with E-state index in [-0.39, 0.29) is 23.8 Å². The van der Waals surface area contributed by atoms with Gasteiger partial charge in [-0.3, -0.25) is 19.8 Å². The highest BCUT2D eigenvalue weighted by Gasteiger charge is 2.40. The van der Waals surface area contributed by atoms with Crippen LogP contribution in [0.25, 0.3) is 0 Å². The largest absolute Gasteiger partial charge is 0.368 e. The Morgan fingerprint density at radius 1 is 1.03 bits per heavy atom. The summed E-state index contributed by atoms with van der Waals surface area (Å²) in [6, 6.07) is 10.1. The number of carbonyl (C=O) groups excluding carboxylic acids is 3. The maximum Gasteiger partial charge on any atom is 0.312 e. The molecule has 1 aliphatic carbocycles. The van der Waals surface area contributed by atoms with Crippen LogP contribution in [-0.4, -0.2) is 61.4 Å². The molecule has 0 aromatic heterocycles. The van der Waals surface area contributed by atoms with E-state index in [1.807, 2.05) is 18.2 Å². The molecule has 1 aromatic rings. The quantitative estimate of drug-likeness (QED) is 0.634. The summed E-state index contributed by atoms with van der Waals surface area (Å²) >= 11 is 0. The van der Waals surface area contributed by atoms with Gasteiger partial charge in [-0.15, -0.1) is 0 Å². The third-order valence-electron chi connectivity index (χ3n) is 6.42. The molecule has 3 N–H and O–H groups in total. The van der Waals surface area contributed by atoms with Crippen molar-refractivity contribution in [2.45, 2.75) is 31.7 Å². The highest BCUT2D eigenvalue weighted by atomic mass is 16.2. The molecule has 0 radical (unpaired) electrons. The topological polar surface area (TPSA) is 93.8 Å². The Labute approximate surface area is 171 Å². The van der Waals surface area contributed by atoms with E-state index in [4.69, 9.17) is 0 Å². The Morgan fingerprint density at radius 2 is 1.76 bits per heavy atom. The molecule has 8 heteroatoms. The first kappa shape index (κ1) is 19.7. The zero-order chi connectivity index (χ0) is 20.2. The van der Waals surface area contributed by atoms with Gasteiger partial charge in [0.2, 0.25) is 5.91 Å². The highest BCUT2D eigenvalue weighted by Crippen LogP contribution is 2.34. The number of anilines is 1. The third kappa shape index (κ3) is 4.37. The second kappa shape index (κ2) is 8.82. The van der Waals surface area contributed by atoms with Crippen LogP contribution in [0.5, 0.6) is 0 Å². The van der Waals surface area contributed by atoms with Crippen molar-refractivity contribution in [3.05, 3.63) is 30.3 Å². The van der Waals surface area contributed by atoms with E-state index in [1.165, 1.54) is 0 Å². The van der Waals surface area contributed by atoms with E-state index < -0.39 is 11.8 Å². The first-order chi connectivity index (χ1) is 14.1. The second-order valence-electron chi connectivity index (χ2n) is 8.12. The van der Waals surface area contributed by atoms with E-state index in [1.54, 1.807) is 4.90 Å². The van der Waals surface area contributed by atoms with Crippen LogP contribution in [0.3, 0.4) is 0 Å². The molecule has 1 aromatic carbocycles. The smallest absolute Gasteiger partial charge is 0.312 e. The molecule has 4 rings (SSSR count). The predicted octanol–water partition coefficient (Wildman–Crippen LogP) is 0.261. The lowest BCUT2D eigenvalue weighted by atomic mass is 9.74. The Kier molecular flexibility index (Phi) is 5.99. The van der Waals surface area contributed by atoms with Crippen molar-refractivity contribution in [1.29, 1.82) is 0 Å². The van der Waals surface area contributed by atoms with Crippen molar-refractivity contribution in [1.82, 2.24) is 21.1 Å². The third-order valence-corrected chi connectivity index (χ3v) is 6.42. The molecule has 3 atom stereocenters. The summed E-state index contributed by atoms with van der Waals surface area (Å²) in [5, 5.41) is 2.78. The van der Waals surface area contributed by atoms with Gasteiger partial charge in [-0.2, -0.15) is 0 Å². The Hall–Kier alpha value is -2.61. The fourth-order valence-corrected chi connectivity index (χ4v) is 4.76. The van der Waals surface area contributed by atoms with Crippen LogP contribution >= 0.6 is 0 Å². The lowest BCUT2D eigenvalue weighted by Gasteiger charge is -2.41. The molecule has 3 amide bonds. The predicted molar refractivity (Wildman–Crippen MR) is 109 cm³/mol. The zero-order valence-electron chi connectivity index (χ0n) is 16.6. The molecule has 29 heavy (non-hydrogen) atoms. The van der Waals surface area contributed by atoms with Gasteiger partial charge in [0.25, 0.3) is 0 Å². The van der Waals surface area contributed by atoms with Crippen LogP contribution in [0, 0.1) is 11.8 Å². The minimum Gasteiger partial charge on any atom is -0.368 e. The van der Waals surface area contributed by atoms with Gasteiger partial charge in [-0.25, -0.2) is 5.43 Å². The van der Waals surface area contributed by atoms with Crippen molar-refractivity contribution < 1.29 is 14.4 Å². The summed E-state index contributed by atoms with van der Waals surface area (Å²) in [6.45, 7) is 2.83. The molecule has 2 saturated heterocycles. The molecule has 3 unspecified atom stereocenters. The van der Waals surface area contributed by atoms with Gasteiger partial charge < -0.3 is 15.1 Å². The molecule has 3 aliphatic rings. The molecule has 0 spiro atoms. The number of carbonyl (C=O) groups is 3. The van der Waals surface area contributed by atoms with Crippen molar-refractivity contribution in [3.63, 3.8) is 0 Å².